The third kappa shape index (κ3) is 4.57. The molecule has 0 bridgehead atoms. The molecule has 2 aromatic rings. The van der Waals surface area contributed by atoms with Crippen molar-refractivity contribution in [2.24, 2.45) is 0 Å². The normalized spacial score (nSPS) is 9.36. The van der Waals surface area contributed by atoms with Crippen LogP contribution in [0.4, 0.5) is 0 Å². The van der Waals surface area contributed by atoms with Gasteiger partial charge in [0.25, 0.3) is 0 Å². The van der Waals surface area contributed by atoms with Crippen molar-refractivity contribution >= 4 is 35.1 Å². The van der Waals surface area contributed by atoms with E-state index in [4.69, 9.17) is 23.2 Å². The van der Waals surface area contributed by atoms with Crippen LogP contribution in [0.15, 0.2) is 36.4 Å². The van der Waals surface area contributed by atoms with E-state index in [1.54, 1.807) is 0 Å². The molecule has 0 aliphatic heterocycles. The third-order valence-electron chi connectivity index (χ3n) is 2.69. The Labute approximate surface area is 160 Å². The van der Waals surface area contributed by atoms with Gasteiger partial charge in [0.2, 0.25) is 0 Å². The van der Waals surface area contributed by atoms with Gasteiger partial charge < -0.3 is 19.8 Å². The van der Waals surface area contributed by atoms with Gasteiger partial charge in [-0.05, 0) is 35.4 Å². The first kappa shape index (κ1) is 21.2. The van der Waals surface area contributed by atoms with Gasteiger partial charge in [-0.3, -0.25) is 0 Å². The molecule has 0 atom stereocenters. The van der Waals surface area contributed by atoms with Crippen molar-refractivity contribution < 1.29 is 57.5 Å². The number of halogens is 2. The monoisotopic (exact) mass is 322 g/mol. The average Bonchev–Trinajstić information content (AvgIpc) is 2.38. The van der Waals surface area contributed by atoms with E-state index in [0.29, 0.717) is 0 Å². The molecule has 0 aliphatic carbocycles. The molecule has 0 amide bonds. The van der Waals surface area contributed by atoms with Crippen molar-refractivity contribution in [2.45, 2.75) is 0 Å². The maximum absolute atomic E-state index is 11.1. The fraction of sp³-hybridized carbons (Fsp3) is 0. The van der Waals surface area contributed by atoms with Crippen molar-refractivity contribution in [3.8, 4) is 11.1 Å². The van der Waals surface area contributed by atoms with Crippen molar-refractivity contribution in [1.82, 2.24) is 0 Å². The van der Waals surface area contributed by atoms with E-state index in [0.717, 1.165) is 0 Å². The van der Waals surface area contributed by atoms with E-state index >= 15 is 0 Å². The quantitative estimate of drug-likeness (QED) is 0.533. The second-order valence-electron chi connectivity index (χ2n) is 3.95. The Morgan fingerprint density at radius 1 is 0.727 bits per heavy atom. The molecule has 0 spiro atoms. The summed E-state index contributed by atoms with van der Waals surface area (Å²) in [6.07, 6.45) is 0. The van der Waals surface area contributed by atoms with Crippen LogP contribution < -0.4 is 47.9 Å². The predicted molar refractivity (Wildman–Crippen MR) is 70.6 cm³/mol. The van der Waals surface area contributed by atoms with Crippen LogP contribution in [0.1, 0.15) is 20.7 Å². The smallest absolute Gasteiger partial charge is 0.545 e. The average molecular weight is 323 g/mol. The largest absolute Gasteiger partial charge is 1.00 e. The molecule has 0 saturated carbocycles. The molecule has 102 valence electrons. The Bertz CT molecular complexity index is 658. The Kier molecular flexibility index (Phi) is 8.37. The fourth-order valence-electron chi connectivity index (χ4n) is 1.84. The van der Waals surface area contributed by atoms with Crippen LogP contribution >= 0.6 is 23.2 Å². The SMILES string of the molecule is O=C([O-])c1cc(Cl)ccc1-c1ccc(Cl)cc1C(=O)[O-].[Li+].[Li+]. The summed E-state index contributed by atoms with van der Waals surface area (Å²) in [6.45, 7) is 0. The molecule has 22 heavy (non-hydrogen) atoms. The minimum Gasteiger partial charge on any atom is -0.545 e. The van der Waals surface area contributed by atoms with E-state index < -0.39 is 11.9 Å². The number of hydrogen-bond donors (Lipinski definition) is 0. The van der Waals surface area contributed by atoms with Crippen molar-refractivity contribution in [1.29, 1.82) is 0 Å². The van der Waals surface area contributed by atoms with Crippen molar-refractivity contribution in [3.05, 3.63) is 57.6 Å². The van der Waals surface area contributed by atoms with E-state index in [2.05, 4.69) is 0 Å². The number of carbonyl (C=O) groups is 2. The zero-order valence-electron chi connectivity index (χ0n) is 11.9. The number of carbonyl (C=O) groups excluding carboxylic acids is 2. The van der Waals surface area contributed by atoms with Crippen molar-refractivity contribution in [2.75, 3.05) is 0 Å². The summed E-state index contributed by atoms with van der Waals surface area (Å²) in [5.41, 5.74) is -0.0693. The van der Waals surface area contributed by atoms with Crippen LogP contribution in [0.25, 0.3) is 11.1 Å². The first-order valence-electron chi connectivity index (χ1n) is 5.42. The molecular formula is C14H6Cl2Li2O4. The van der Waals surface area contributed by atoms with Crippen LogP contribution in [0.5, 0.6) is 0 Å². The van der Waals surface area contributed by atoms with Crippen LogP contribution in [0.3, 0.4) is 0 Å². The topological polar surface area (TPSA) is 80.3 Å². The van der Waals surface area contributed by atoms with Gasteiger partial charge in [-0.25, -0.2) is 0 Å². The van der Waals surface area contributed by atoms with Crippen LogP contribution in [0.2, 0.25) is 10.0 Å². The second kappa shape index (κ2) is 8.70. The number of hydrogen-bond acceptors (Lipinski definition) is 4. The molecule has 0 fully saturated rings. The minimum atomic E-state index is -1.46. The molecule has 0 unspecified atom stereocenters. The minimum absolute atomic E-state index is 0. The van der Waals surface area contributed by atoms with Gasteiger partial charge >= 0.3 is 37.7 Å². The van der Waals surface area contributed by atoms with Gasteiger partial charge in [-0.1, -0.05) is 35.3 Å². The molecule has 0 heterocycles. The summed E-state index contributed by atoms with van der Waals surface area (Å²) in [7, 11) is 0. The summed E-state index contributed by atoms with van der Waals surface area (Å²) in [6, 6.07) is 8.11. The van der Waals surface area contributed by atoms with E-state index in [-0.39, 0.29) is 70.0 Å². The third-order valence-corrected chi connectivity index (χ3v) is 3.16. The van der Waals surface area contributed by atoms with Gasteiger partial charge in [-0.2, -0.15) is 0 Å². The molecule has 0 saturated heterocycles. The van der Waals surface area contributed by atoms with Gasteiger partial charge in [0.1, 0.15) is 0 Å². The molecule has 0 aromatic heterocycles. The molecule has 0 aliphatic rings. The van der Waals surface area contributed by atoms with Gasteiger partial charge in [0.05, 0.1) is 11.9 Å². The van der Waals surface area contributed by atoms with Crippen LogP contribution in [-0.2, 0) is 0 Å². The molecule has 8 heteroatoms. The molecule has 0 radical (unpaired) electrons. The first-order valence-corrected chi connectivity index (χ1v) is 6.18. The Morgan fingerprint density at radius 3 is 1.32 bits per heavy atom. The molecule has 2 rings (SSSR count). The van der Waals surface area contributed by atoms with E-state index in [1.165, 1.54) is 36.4 Å². The molecule has 2 aromatic carbocycles. The maximum atomic E-state index is 11.1. The number of aromatic carboxylic acids is 2. The fourth-order valence-corrected chi connectivity index (χ4v) is 2.18. The first-order chi connectivity index (χ1) is 9.40. The maximum Gasteiger partial charge on any atom is 1.00 e. The van der Waals surface area contributed by atoms with Crippen LogP contribution in [0, 0.1) is 0 Å². The van der Waals surface area contributed by atoms with Gasteiger partial charge in [-0.15, -0.1) is 0 Å². The Morgan fingerprint density at radius 2 is 1.05 bits per heavy atom. The van der Waals surface area contributed by atoms with Gasteiger partial charge in [0.15, 0.2) is 0 Å². The summed E-state index contributed by atoms with van der Waals surface area (Å²) in [5, 5.41) is 22.7. The number of carboxylic acid groups (broad SMARTS) is 2. The second-order valence-corrected chi connectivity index (χ2v) is 4.83. The Hall–Kier alpha value is -0.845. The number of benzene rings is 2. The number of carboxylic acids is 2. The summed E-state index contributed by atoms with van der Waals surface area (Å²) in [5.74, 6) is -2.91. The molecule has 4 nitrogen and oxygen atoms in total. The predicted octanol–water partition coefficient (Wildman–Crippen LogP) is -4.60. The summed E-state index contributed by atoms with van der Waals surface area (Å²) in [4.78, 5) is 22.3. The Balaban J connectivity index is 0.00000220. The van der Waals surface area contributed by atoms with E-state index in [1.807, 2.05) is 0 Å². The zero-order valence-corrected chi connectivity index (χ0v) is 13.4. The van der Waals surface area contributed by atoms with Gasteiger partial charge in [0, 0.05) is 21.2 Å². The zero-order chi connectivity index (χ0) is 14.9. The molecular weight excluding hydrogens is 317 g/mol. The van der Waals surface area contributed by atoms with E-state index in [9.17, 15) is 19.8 Å². The summed E-state index contributed by atoms with van der Waals surface area (Å²) < 4.78 is 0. The summed E-state index contributed by atoms with van der Waals surface area (Å²) >= 11 is 11.5. The van der Waals surface area contributed by atoms with Crippen molar-refractivity contribution in [3.63, 3.8) is 0 Å². The number of rotatable bonds is 3. The standard InChI is InChI=1S/C14H8Cl2O4.2Li/c15-7-1-3-9(11(5-7)13(17)18)10-4-2-8(16)6-12(10)14(19)20;;/h1-6H,(H,17,18)(H,19,20);;/q;2*+1/p-2. The van der Waals surface area contributed by atoms with Crippen LogP contribution in [-0.4, -0.2) is 11.9 Å². The molecule has 0 N–H and O–H groups in total.